The van der Waals surface area contributed by atoms with Gasteiger partial charge in [-0.2, -0.15) is 0 Å². The van der Waals surface area contributed by atoms with E-state index in [1.54, 1.807) is 0 Å². The van der Waals surface area contributed by atoms with Crippen molar-refractivity contribution in [2.75, 3.05) is 6.61 Å². The predicted octanol–water partition coefficient (Wildman–Crippen LogP) is 4.16. The van der Waals surface area contributed by atoms with Crippen LogP contribution in [-0.4, -0.2) is 22.9 Å². The highest BCUT2D eigenvalue weighted by molar-refractivity contribution is 5.12. The summed E-state index contributed by atoms with van der Waals surface area (Å²) in [6.45, 7) is 6.99. The van der Waals surface area contributed by atoms with E-state index in [1.807, 2.05) is 0 Å². The van der Waals surface area contributed by atoms with E-state index in [4.69, 9.17) is 0 Å². The largest absolute Gasteiger partial charge is 0.396 e. The number of fused-ring (bicyclic) bond motifs is 5. The van der Waals surface area contributed by atoms with Crippen LogP contribution in [0.5, 0.6) is 0 Å². The van der Waals surface area contributed by atoms with Crippen molar-refractivity contribution in [1.82, 2.24) is 0 Å². The van der Waals surface area contributed by atoms with Gasteiger partial charge in [0, 0.05) is 6.61 Å². The van der Waals surface area contributed by atoms with E-state index >= 15 is 0 Å². The molecule has 130 valence electrons. The van der Waals surface area contributed by atoms with Gasteiger partial charge in [-0.05, 0) is 98.2 Å². The highest BCUT2D eigenvalue weighted by Gasteiger charge is 2.60. The van der Waals surface area contributed by atoms with E-state index in [-0.39, 0.29) is 11.5 Å². The Morgan fingerprint density at radius 1 is 1.04 bits per heavy atom. The maximum absolute atomic E-state index is 10.4. The van der Waals surface area contributed by atoms with Crippen LogP contribution in [-0.2, 0) is 0 Å². The van der Waals surface area contributed by atoms with Crippen LogP contribution in [0, 0.1) is 40.4 Å². The minimum Gasteiger partial charge on any atom is -0.396 e. The molecule has 4 aliphatic carbocycles. The summed E-state index contributed by atoms with van der Waals surface area (Å²) in [6, 6.07) is 0. The third kappa shape index (κ3) is 2.13. The molecule has 0 spiro atoms. The van der Waals surface area contributed by atoms with Crippen molar-refractivity contribution in [1.29, 1.82) is 0 Å². The lowest BCUT2D eigenvalue weighted by molar-refractivity contribution is -0.152. The van der Waals surface area contributed by atoms with E-state index in [2.05, 4.69) is 19.6 Å². The average Bonchev–Trinajstić information content (AvgIpc) is 2.90. The standard InChI is InChI=1S/C21H34O2/c1-3-14-5-7-18-17-6-4-15-12-16(23)8-11-21(15,13-22)19(17)9-10-20(14,18)2/h3,14-19,22-23H,1,4-13H2,2H3/t14-,15-,16-,17-,18-,19-,20-,21+/m0/s1. The number of allylic oxidation sites excluding steroid dienone is 1. The lowest BCUT2D eigenvalue weighted by Crippen LogP contribution is -2.56. The summed E-state index contributed by atoms with van der Waals surface area (Å²) < 4.78 is 0. The molecule has 0 aromatic heterocycles. The maximum atomic E-state index is 10.4. The fourth-order valence-electron chi connectivity index (χ4n) is 7.76. The minimum absolute atomic E-state index is 0.121. The van der Waals surface area contributed by atoms with Gasteiger partial charge in [-0.15, -0.1) is 6.58 Å². The second-order valence-electron chi connectivity index (χ2n) is 9.43. The first kappa shape index (κ1) is 16.1. The first-order valence-corrected chi connectivity index (χ1v) is 9.96. The average molecular weight is 319 g/mol. The normalized spacial score (nSPS) is 55.6. The third-order valence-electron chi connectivity index (χ3n) is 8.99. The SMILES string of the molecule is C=C[C@H]1CC[C@H]2[C@@H]3CC[C@H]4C[C@@H](O)CC[C@]4(CO)[C@H]3CC[C@@]12C. The Kier molecular flexibility index (Phi) is 3.93. The minimum atomic E-state index is -0.123. The fourth-order valence-corrected chi connectivity index (χ4v) is 7.76. The van der Waals surface area contributed by atoms with E-state index in [9.17, 15) is 10.2 Å². The Balaban J connectivity index is 1.64. The van der Waals surface area contributed by atoms with Gasteiger partial charge >= 0.3 is 0 Å². The topological polar surface area (TPSA) is 40.5 Å². The Morgan fingerprint density at radius 3 is 2.61 bits per heavy atom. The number of rotatable bonds is 2. The van der Waals surface area contributed by atoms with Crippen molar-refractivity contribution < 1.29 is 10.2 Å². The van der Waals surface area contributed by atoms with E-state index in [0.717, 1.165) is 31.1 Å². The molecular formula is C21H34O2. The number of hydrogen-bond acceptors (Lipinski definition) is 2. The Hall–Kier alpha value is -0.340. The highest BCUT2D eigenvalue weighted by Crippen LogP contribution is 2.67. The lowest BCUT2D eigenvalue weighted by atomic mass is 9.44. The number of aliphatic hydroxyl groups excluding tert-OH is 2. The summed E-state index contributed by atoms with van der Waals surface area (Å²) in [5.74, 6) is 3.58. The molecule has 8 atom stereocenters. The summed E-state index contributed by atoms with van der Waals surface area (Å²) in [6.07, 6.45) is 12.8. The second kappa shape index (κ2) is 5.59. The maximum Gasteiger partial charge on any atom is 0.0543 e. The Labute approximate surface area is 141 Å². The van der Waals surface area contributed by atoms with Crippen LogP contribution in [0.2, 0.25) is 0 Å². The second-order valence-corrected chi connectivity index (χ2v) is 9.43. The third-order valence-corrected chi connectivity index (χ3v) is 8.99. The Morgan fingerprint density at radius 2 is 1.87 bits per heavy atom. The molecule has 0 unspecified atom stereocenters. The van der Waals surface area contributed by atoms with Gasteiger partial charge in [0.1, 0.15) is 0 Å². The molecule has 0 heterocycles. The molecule has 2 nitrogen and oxygen atoms in total. The van der Waals surface area contributed by atoms with Crippen molar-refractivity contribution in [3.8, 4) is 0 Å². The van der Waals surface area contributed by atoms with Gasteiger partial charge in [-0.3, -0.25) is 0 Å². The molecular weight excluding hydrogens is 284 g/mol. The zero-order valence-corrected chi connectivity index (χ0v) is 14.7. The van der Waals surface area contributed by atoms with Crippen LogP contribution < -0.4 is 0 Å². The van der Waals surface area contributed by atoms with Crippen LogP contribution in [0.4, 0.5) is 0 Å². The van der Waals surface area contributed by atoms with Crippen molar-refractivity contribution >= 4 is 0 Å². The van der Waals surface area contributed by atoms with Crippen molar-refractivity contribution in [2.45, 2.75) is 70.8 Å². The van der Waals surface area contributed by atoms with Crippen LogP contribution in [0.1, 0.15) is 64.7 Å². The van der Waals surface area contributed by atoms with Gasteiger partial charge in [0.05, 0.1) is 6.10 Å². The van der Waals surface area contributed by atoms with Crippen molar-refractivity contribution in [3.63, 3.8) is 0 Å². The molecule has 0 radical (unpaired) electrons. The summed E-state index contributed by atoms with van der Waals surface area (Å²) in [5.41, 5.74) is 0.580. The molecule has 0 amide bonds. The molecule has 4 fully saturated rings. The molecule has 2 N–H and O–H groups in total. The van der Waals surface area contributed by atoms with Crippen LogP contribution >= 0.6 is 0 Å². The monoisotopic (exact) mass is 318 g/mol. The van der Waals surface area contributed by atoms with E-state index in [1.165, 1.54) is 38.5 Å². The summed E-state index contributed by atoms with van der Waals surface area (Å²) >= 11 is 0. The van der Waals surface area contributed by atoms with Crippen molar-refractivity contribution in [3.05, 3.63) is 12.7 Å². The molecule has 0 bridgehead atoms. The molecule has 0 aromatic carbocycles. The quantitative estimate of drug-likeness (QED) is 0.750. The van der Waals surface area contributed by atoms with E-state index in [0.29, 0.717) is 29.8 Å². The molecule has 4 rings (SSSR count). The van der Waals surface area contributed by atoms with Crippen molar-refractivity contribution in [2.24, 2.45) is 40.4 Å². The fraction of sp³-hybridized carbons (Fsp3) is 0.905. The Bertz CT molecular complexity index is 474. The highest BCUT2D eigenvalue weighted by atomic mass is 16.3. The smallest absolute Gasteiger partial charge is 0.0543 e. The summed E-state index contributed by atoms with van der Waals surface area (Å²) in [5, 5.41) is 20.5. The van der Waals surface area contributed by atoms with Gasteiger partial charge in [-0.25, -0.2) is 0 Å². The summed E-state index contributed by atoms with van der Waals surface area (Å²) in [4.78, 5) is 0. The molecule has 0 saturated heterocycles. The molecule has 4 aliphatic rings. The first-order chi connectivity index (χ1) is 11.0. The molecule has 0 aromatic rings. The van der Waals surface area contributed by atoms with Crippen LogP contribution in [0.15, 0.2) is 12.7 Å². The van der Waals surface area contributed by atoms with E-state index < -0.39 is 0 Å². The summed E-state index contributed by atoms with van der Waals surface area (Å²) in [7, 11) is 0. The zero-order valence-electron chi connectivity index (χ0n) is 14.7. The van der Waals surface area contributed by atoms with Gasteiger partial charge < -0.3 is 10.2 Å². The van der Waals surface area contributed by atoms with Gasteiger partial charge in [0.2, 0.25) is 0 Å². The molecule has 2 heteroatoms. The molecule has 0 aliphatic heterocycles. The number of aliphatic hydroxyl groups is 2. The van der Waals surface area contributed by atoms with Crippen LogP contribution in [0.3, 0.4) is 0 Å². The first-order valence-electron chi connectivity index (χ1n) is 9.96. The zero-order chi connectivity index (χ0) is 16.2. The van der Waals surface area contributed by atoms with Gasteiger partial charge in [-0.1, -0.05) is 13.0 Å². The molecule has 23 heavy (non-hydrogen) atoms. The number of hydrogen-bond donors (Lipinski definition) is 2. The molecule has 4 saturated carbocycles. The lowest BCUT2D eigenvalue weighted by Gasteiger charge is -2.61. The van der Waals surface area contributed by atoms with Gasteiger partial charge in [0.25, 0.3) is 0 Å². The van der Waals surface area contributed by atoms with Crippen LogP contribution in [0.25, 0.3) is 0 Å². The predicted molar refractivity (Wildman–Crippen MR) is 92.8 cm³/mol. The van der Waals surface area contributed by atoms with Gasteiger partial charge in [0.15, 0.2) is 0 Å².